The van der Waals surface area contributed by atoms with E-state index in [-0.39, 0.29) is 35.2 Å². The lowest BCUT2D eigenvalue weighted by molar-refractivity contribution is -0.142. The second-order valence-electron chi connectivity index (χ2n) is 20.4. The van der Waals surface area contributed by atoms with E-state index in [1.807, 2.05) is 18.0 Å². The minimum Gasteiger partial charge on any atom is -0.460 e. The van der Waals surface area contributed by atoms with Crippen LogP contribution in [-0.4, -0.2) is 126 Å². The predicted molar refractivity (Wildman–Crippen MR) is 412 cm³/mol. The molecule has 0 amide bonds. The number of carbonyl (C=O) groups excluding carboxylic acids is 3. The first-order valence-electron chi connectivity index (χ1n) is 29.8. The third-order valence-electron chi connectivity index (χ3n) is 15.5. The number of benzene rings is 12. The highest BCUT2D eigenvalue weighted by molar-refractivity contribution is 9.19. The molecule has 488 valence electrons. The van der Waals surface area contributed by atoms with Gasteiger partial charge in [-0.2, -0.15) is 24.4 Å². The average molecular weight is 1590 g/mol. The number of aliphatic hydroxyl groups is 1. The number of alkyl halides is 3. The molecule has 0 atom stereocenters. The Bertz CT molecular complexity index is 4190. The summed E-state index contributed by atoms with van der Waals surface area (Å²) in [5.41, 5.74) is 3.07. The summed E-state index contributed by atoms with van der Waals surface area (Å²) < 4.78 is 42.7. The molecule has 92 heavy (non-hydrogen) atoms. The minimum atomic E-state index is -2.54. The molecular weight excluding hydrogens is 1510 g/mol. The van der Waals surface area contributed by atoms with E-state index in [0.717, 1.165) is 63.9 Å². The van der Waals surface area contributed by atoms with Crippen molar-refractivity contribution in [3.8, 4) is 0 Å². The fourth-order valence-electron chi connectivity index (χ4n) is 11.1. The number of thiol groups is 1. The summed E-state index contributed by atoms with van der Waals surface area (Å²) in [6.07, 6.45) is 1.82. The predicted octanol–water partition coefficient (Wildman–Crippen LogP) is 17.6. The van der Waals surface area contributed by atoms with Gasteiger partial charge in [0.1, 0.15) is 18.5 Å². The van der Waals surface area contributed by atoms with Crippen LogP contribution in [0.2, 0.25) is 18.6 Å². The maximum Gasteiger partial charge on any atom is 0.500 e. The molecule has 1 N–H and O–H groups in total. The Kier molecular flexibility index (Phi) is 32.2. The van der Waals surface area contributed by atoms with Crippen molar-refractivity contribution < 1.29 is 55.5 Å². The van der Waals surface area contributed by atoms with Gasteiger partial charge in [0.05, 0.1) is 17.7 Å². The van der Waals surface area contributed by atoms with Gasteiger partial charge < -0.3 is 41.1 Å². The minimum absolute atomic E-state index is 0.0162. The monoisotopic (exact) mass is 1590 g/mol. The molecule has 0 radical (unpaired) electrons. The number of carbonyl (C=O) groups is 3. The summed E-state index contributed by atoms with van der Waals surface area (Å²) in [4.78, 5) is 33.4. The van der Waals surface area contributed by atoms with E-state index in [9.17, 15) is 19.5 Å². The highest BCUT2D eigenvalue weighted by Crippen LogP contribution is 2.39. The van der Waals surface area contributed by atoms with Gasteiger partial charge in [-0.15, -0.1) is 0 Å². The van der Waals surface area contributed by atoms with Gasteiger partial charge in [0.25, 0.3) is 0 Å². The van der Waals surface area contributed by atoms with Gasteiger partial charge >= 0.3 is 29.5 Å². The topological polar surface area (TPSA) is 145 Å². The van der Waals surface area contributed by atoms with E-state index in [0.29, 0.717) is 17.7 Å². The van der Waals surface area contributed by atoms with E-state index >= 15 is 0 Å². The van der Waals surface area contributed by atoms with Crippen LogP contribution in [0.1, 0.15) is 29.5 Å². The smallest absolute Gasteiger partial charge is 0.460 e. The van der Waals surface area contributed by atoms with Crippen LogP contribution in [0.25, 0.3) is 97.0 Å². The highest BCUT2D eigenvalue weighted by Gasteiger charge is 2.37. The summed E-state index contributed by atoms with van der Waals surface area (Å²) in [7, 11) is 6.19. The maximum absolute atomic E-state index is 12.3. The molecule has 12 aromatic carbocycles. The van der Waals surface area contributed by atoms with Crippen molar-refractivity contribution >= 4 is 230 Å². The van der Waals surface area contributed by atoms with Crippen LogP contribution in [0.15, 0.2) is 164 Å². The number of aliphatic hydroxyl groups excluding tert-OH is 1. The van der Waals surface area contributed by atoms with Crippen LogP contribution in [0, 0.1) is 0 Å². The van der Waals surface area contributed by atoms with Crippen LogP contribution in [0.4, 0.5) is 0 Å². The summed E-state index contributed by atoms with van der Waals surface area (Å²) in [6.45, 7) is 2.81. The average Bonchev–Trinajstić information content (AvgIpc) is 0.763. The van der Waals surface area contributed by atoms with Crippen molar-refractivity contribution in [2.75, 3.05) is 76.4 Å². The van der Waals surface area contributed by atoms with Gasteiger partial charge in [0, 0.05) is 54.7 Å². The Balaban J connectivity index is 0.000000196. The SMILES string of the molecule is CBr.CO[Si](CCCS)(OC)OC.CO[Si](CCCSCC(=O)OCc1ccc2ccc3cccc4ccc1c2c34)(OC)OC.C[SiH3].O=C(Br)CBr.O=C(CBr)OCc1ccc2ccc3cccc4ccc1c2c34.OCc1ccc2ccc3cccc4ccc1c2c34. The maximum atomic E-state index is 12.3. The first-order valence-corrected chi connectivity index (χ1v) is 42.1. The van der Waals surface area contributed by atoms with E-state index in [4.69, 9.17) is 36.0 Å². The standard InChI is InChI=1S/C25H28O5SSi.C19H13BrO2.C17H12O.C6H16O3SSi.C2H2Br2O.CH3Br.CH6Si/c1-27-32(28-2,29-3)15-5-14-31-17-23(26)30-16-21-11-10-20-9-8-18-6-4-7-19-12-13-22(21)25(20)24(18)19;20-10-17(21)22-11-15-7-6-14-5-4-12-2-1-3-13-8-9-16(15)19(14)18(12)13;18-10-14-7-6-13-5-4-11-2-1-3-12-8-9-15(14)17(13)16(11)12;1-7-11(8-2,9-3)6-4-5-10;3-1-2(4)5;2*1-2/h4,6-13H,5,14-17H2,1-3H3;1-9H,10-11H2;1-9,18H,10H2;10H,4-6H2,1-3H3;1H2;1H3;1-2H3. The van der Waals surface area contributed by atoms with Crippen molar-refractivity contribution in [2.24, 2.45) is 0 Å². The Labute approximate surface area is 588 Å². The molecule has 0 spiro atoms. The molecule has 0 fully saturated rings. The molecule has 0 aliphatic rings. The normalized spacial score (nSPS) is 11.3. The number of hydrogen-bond donors (Lipinski definition) is 2. The zero-order chi connectivity index (χ0) is 66.8. The second kappa shape index (κ2) is 38.8. The number of rotatable bonds is 22. The van der Waals surface area contributed by atoms with E-state index < -0.39 is 17.6 Å². The first kappa shape index (κ1) is 76.4. The molecular formula is C71H80Br4O12S2Si3. The number of esters is 2. The van der Waals surface area contributed by atoms with Gasteiger partial charge in [-0.25, -0.2) is 0 Å². The molecule has 0 unspecified atom stereocenters. The van der Waals surface area contributed by atoms with E-state index in [1.54, 1.807) is 54.4 Å². The number of thioether (sulfide) groups is 1. The molecule has 21 heteroatoms. The second-order valence-corrected chi connectivity index (χ2v) is 30.2. The van der Waals surface area contributed by atoms with Crippen molar-refractivity contribution in [1.82, 2.24) is 0 Å². The Hall–Kier alpha value is -4.64. The summed E-state index contributed by atoms with van der Waals surface area (Å²) in [5, 5.41) is 32.3. The zero-order valence-corrected chi connectivity index (χ0v) is 65.4. The van der Waals surface area contributed by atoms with Gasteiger partial charge in [-0.05, 0) is 170 Å². The van der Waals surface area contributed by atoms with Crippen molar-refractivity contribution in [3.05, 3.63) is 180 Å². The molecule has 0 aliphatic heterocycles. The van der Waals surface area contributed by atoms with Gasteiger partial charge in [-0.3, -0.25) is 14.4 Å². The van der Waals surface area contributed by atoms with Gasteiger partial charge in [0.15, 0.2) is 0 Å². The van der Waals surface area contributed by atoms with Crippen molar-refractivity contribution in [2.45, 2.75) is 51.3 Å². The fraction of sp³-hybridized carbons (Fsp3) is 0.282. The zero-order valence-electron chi connectivity index (χ0n) is 53.4. The quantitative estimate of drug-likeness (QED) is 0.0126. The first-order chi connectivity index (χ1) is 44.8. The fourth-order valence-corrected chi connectivity index (χ4v) is 16.2. The molecule has 12 nitrogen and oxygen atoms in total. The molecule has 12 aromatic rings. The third kappa shape index (κ3) is 19.1. The summed E-state index contributed by atoms with van der Waals surface area (Å²) in [6, 6.07) is 58.9. The van der Waals surface area contributed by atoms with Crippen molar-refractivity contribution in [3.63, 3.8) is 0 Å². The summed E-state index contributed by atoms with van der Waals surface area (Å²) >= 11 is 17.3. The largest absolute Gasteiger partial charge is 0.500 e. The molecule has 0 aromatic heterocycles. The van der Waals surface area contributed by atoms with Crippen LogP contribution in [0.5, 0.6) is 0 Å². The molecule has 0 bridgehead atoms. The number of ether oxygens (including phenoxy) is 2. The lowest BCUT2D eigenvalue weighted by Crippen LogP contribution is -2.42. The molecule has 0 aliphatic carbocycles. The summed E-state index contributed by atoms with van der Waals surface area (Å²) in [5.74, 6) is 3.35. The van der Waals surface area contributed by atoms with E-state index in [1.165, 1.54) is 96.4 Å². The van der Waals surface area contributed by atoms with Crippen molar-refractivity contribution in [1.29, 1.82) is 0 Å². The molecule has 12 rings (SSSR count). The Morgan fingerprint density at radius 3 is 1.05 bits per heavy atom. The Morgan fingerprint density at radius 2 is 0.739 bits per heavy atom. The van der Waals surface area contributed by atoms with Gasteiger partial charge in [0.2, 0.25) is 4.69 Å². The molecule has 0 heterocycles. The lowest BCUT2D eigenvalue weighted by Gasteiger charge is -2.24. The third-order valence-corrected chi connectivity index (χ3v) is 24.5. The van der Waals surface area contributed by atoms with Gasteiger partial charge in [-0.1, -0.05) is 218 Å². The molecule has 0 saturated carbocycles. The van der Waals surface area contributed by atoms with Crippen LogP contribution >= 0.6 is 88.1 Å². The van der Waals surface area contributed by atoms with Crippen LogP contribution < -0.4 is 0 Å². The van der Waals surface area contributed by atoms with Crippen LogP contribution in [0.3, 0.4) is 0 Å². The Morgan fingerprint density at radius 1 is 0.446 bits per heavy atom. The van der Waals surface area contributed by atoms with E-state index in [2.05, 4.69) is 235 Å². The number of halogens is 4. The molecule has 0 saturated heterocycles. The lowest BCUT2D eigenvalue weighted by atomic mass is 9.92. The highest BCUT2D eigenvalue weighted by atomic mass is 79.9. The number of hydrogen-bond acceptors (Lipinski definition) is 14. The van der Waals surface area contributed by atoms with Crippen LogP contribution in [-0.2, 0) is 70.2 Å².